The summed E-state index contributed by atoms with van der Waals surface area (Å²) in [6.45, 7) is 0.338. The van der Waals surface area contributed by atoms with Crippen molar-refractivity contribution in [2.24, 2.45) is 0 Å². The molecule has 0 radical (unpaired) electrons. The van der Waals surface area contributed by atoms with E-state index in [1.54, 1.807) is 0 Å². The maximum atomic E-state index is 11.4. The third kappa shape index (κ3) is 3.06. The lowest BCUT2D eigenvalue weighted by Gasteiger charge is -2.32. The summed E-state index contributed by atoms with van der Waals surface area (Å²) in [6.07, 6.45) is -0.716. The Morgan fingerprint density at radius 3 is 2.57 bits per heavy atom. The highest BCUT2D eigenvalue weighted by Crippen LogP contribution is 2.24. The van der Waals surface area contributed by atoms with Gasteiger partial charge in [0.15, 0.2) is 6.10 Å². The Balaban J connectivity index is 2.58. The van der Waals surface area contributed by atoms with Crippen LogP contribution in [-0.4, -0.2) is 30.9 Å². The number of carbonyl (C=O) groups excluding carboxylic acids is 1. The molecule has 5 nitrogen and oxygen atoms in total. The molecule has 0 aliphatic carbocycles. The highest BCUT2D eigenvalue weighted by Gasteiger charge is 2.39. The minimum absolute atomic E-state index is 0.276. The van der Waals surface area contributed by atoms with Crippen LogP contribution in [0.5, 0.6) is 0 Å². The molecular formula is C6H13O5P3. The van der Waals surface area contributed by atoms with Crippen LogP contribution in [0.15, 0.2) is 0 Å². The maximum Gasteiger partial charge on any atom is 0.338 e. The van der Waals surface area contributed by atoms with Crippen molar-refractivity contribution >= 4 is 34.4 Å². The lowest BCUT2D eigenvalue weighted by atomic mass is 10.0. The number of hydrogen-bond acceptors (Lipinski definition) is 5. The van der Waals surface area contributed by atoms with Crippen LogP contribution >= 0.6 is 28.4 Å². The zero-order valence-corrected chi connectivity index (χ0v) is 10.9. The van der Waals surface area contributed by atoms with Crippen LogP contribution < -0.4 is 0 Å². The van der Waals surface area contributed by atoms with Crippen molar-refractivity contribution in [3.63, 3.8) is 0 Å². The lowest BCUT2D eigenvalue weighted by molar-refractivity contribution is -0.174. The van der Waals surface area contributed by atoms with E-state index in [0.717, 1.165) is 0 Å². The Morgan fingerprint density at radius 1 is 1.36 bits per heavy atom. The van der Waals surface area contributed by atoms with E-state index in [0.29, 0.717) is 13.0 Å². The molecule has 14 heavy (non-hydrogen) atoms. The number of carbonyl (C=O) groups is 1. The predicted molar refractivity (Wildman–Crippen MR) is 59.3 cm³/mol. The van der Waals surface area contributed by atoms with Gasteiger partial charge in [0.1, 0.15) is 12.2 Å². The van der Waals surface area contributed by atoms with E-state index in [4.69, 9.17) is 18.3 Å². The zero-order chi connectivity index (χ0) is 10.6. The molecule has 0 N–H and O–H groups in total. The molecule has 6 atom stereocenters. The average molecular weight is 258 g/mol. The molecule has 0 saturated carbocycles. The van der Waals surface area contributed by atoms with Crippen molar-refractivity contribution in [1.82, 2.24) is 0 Å². The second-order valence-corrected chi connectivity index (χ2v) is 3.74. The second kappa shape index (κ2) is 6.27. The number of cyclic esters (lactones) is 1. The first-order valence-corrected chi connectivity index (χ1v) is 5.37. The molecule has 0 spiro atoms. The van der Waals surface area contributed by atoms with Gasteiger partial charge < -0.3 is 18.3 Å². The van der Waals surface area contributed by atoms with E-state index in [1.807, 2.05) is 9.47 Å². The van der Waals surface area contributed by atoms with Crippen LogP contribution in [0.2, 0.25) is 0 Å². The monoisotopic (exact) mass is 258 g/mol. The van der Waals surface area contributed by atoms with Crippen molar-refractivity contribution in [2.75, 3.05) is 6.61 Å². The summed E-state index contributed by atoms with van der Waals surface area (Å²) in [4.78, 5) is 11.4. The first kappa shape index (κ1) is 12.7. The Hall–Kier alpha value is 0.640. The van der Waals surface area contributed by atoms with Gasteiger partial charge in [-0.2, -0.15) is 0 Å². The molecule has 1 aliphatic rings. The Bertz CT molecular complexity index is 202. The van der Waals surface area contributed by atoms with Gasteiger partial charge in [0.2, 0.25) is 0 Å². The topological polar surface area (TPSA) is 54.0 Å². The summed E-state index contributed by atoms with van der Waals surface area (Å²) < 4.78 is 19.8. The van der Waals surface area contributed by atoms with E-state index >= 15 is 0 Å². The number of esters is 1. The predicted octanol–water partition coefficient (Wildman–Crippen LogP) is 0.459. The summed E-state index contributed by atoms with van der Waals surface area (Å²) >= 11 is 0. The lowest BCUT2D eigenvalue weighted by Crippen LogP contribution is -2.47. The average Bonchev–Trinajstić information content (AvgIpc) is 2.17. The van der Waals surface area contributed by atoms with E-state index < -0.39 is 12.1 Å². The van der Waals surface area contributed by atoms with Gasteiger partial charge in [-0.3, -0.25) is 0 Å². The Kier molecular flexibility index (Phi) is 5.69. The van der Waals surface area contributed by atoms with E-state index in [-0.39, 0.29) is 12.2 Å². The molecule has 8 heteroatoms. The number of ether oxygens (including phenoxy) is 1. The molecule has 1 heterocycles. The molecular weight excluding hydrogens is 245 g/mol. The molecule has 0 aromatic heterocycles. The number of rotatable bonds is 4. The quantitative estimate of drug-likeness (QED) is 0.541. The van der Waals surface area contributed by atoms with E-state index in [2.05, 4.69) is 18.9 Å². The molecule has 0 bridgehead atoms. The van der Waals surface area contributed by atoms with Gasteiger partial charge in [-0.1, -0.05) is 0 Å². The molecule has 82 valence electrons. The fraction of sp³-hybridized carbons (Fsp3) is 0.833. The van der Waals surface area contributed by atoms with Crippen LogP contribution in [0.3, 0.4) is 0 Å². The van der Waals surface area contributed by atoms with Gasteiger partial charge in [0, 0.05) is 34.8 Å². The standard InChI is InChI=1S/C6H13O5P3/c7-6-5(11-14)4(10-13)1-3(9-6)2-8-12/h3-5H,1-2,12-14H2/t3-,4-,5?/m0/s1. The fourth-order valence-electron chi connectivity index (χ4n) is 1.29. The minimum Gasteiger partial charge on any atom is -0.458 e. The largest absolute Gasteiger partial charge is 0.458 e. The summed E-state index contributed by atoms with van der Waals surface area (Å²) in [5.74, 6) is -0.425. The van der Waals surface area contributed by atoms with Crippen molar-refractivity contribution in [2.45, 2.75) is 24.7 Å². The van der Waals surface area contributed by atoms with Crippen molar-refractivity contribution < 1.29 is 23.1 Å². The van der Waals surface area contributed by atoms with E-state index in [1.165, 1.54) is 0 Å². The molecule has 1 fully saturated rings. The molecule has 1 aliphatic heterocycles. The summed E-state index contributed by atoms with van der Waals surface area (Å²) in [5.41, 5.74) is 0. The number of hydrogen-bond donors (Lipinski definition) is 0. The highest BCUT2D eigenvalue weighted by atomic mass is 31.0. The van der Waals surface area contributed by atoms with Gasteiger partial charge in [0.25, 0.3) is 0 Å². The zero-order valence-electron chi connectivity index (χ0n) is 7.42. The normalized spacial score (nSPS) is 32.8. The fourth-order valence-corrected chi connectivity index (χ4v) is 2.05. The van der Waals surface area contributed by atoms with Gasteiger partial charge in [-0.15, -0.1) is 0 Å². The summed E-state index contributed by atoms with van der Waals surface area (Å²) in [5, 5.41) is 0. The molecule has 0 aromatic carbocycles. The smallest absolute Gasteiger partial charge is 0.338 e. The minimum atomic E-state index is -0.682. The second-order valence-electron chi connectivity index (χ2n) is 2.86. The van der Waals surface area contributed by atoms with Crippen LogP contribution in [0, 0.1) is 0 Å². The van der Waals surface area contributed by atoms with E-state index in [9.17, 15) is 4.79 Å². The molecule has 0 amide bonds. The molecule has 4 unspecified atom stereocenters. The van der Waals surface area contributed by atoms with Crippen molar-refractivity contribution in [1.29, 1.82) is 0 Å². The highest BCUT2D eigenvalue weighted by molar-refractivity contribution is 7.10. The Morgan fingerprint density at radius 2 is 2.07 bits per heavy atom. The van der Waals surface area contributed by atoms with Gasteiger partial charge >= 0.3 is 5.97 Å². The van der Waals surface area contributed by atoms with Gasteiger partial charge in [-0.05, 0) is 0 Å². The van der Waals surface area contributed by atoms with Gasteiger partial charge in [-0.25, -0.2) is 4.79 Å². The van der Waals surface area contributed by atoms with Crippen LogP contribution in [-0.2, 0) is 23.1 Å². The van der Waals surface area contributed by atoms with Crippen molar-refractivity contribution in [3.05, 3.63) is 0 Å². The SMILES string of the molecule is O=C1O[C@H](COP)C[C@H](OP)C1OP. The summed E-state index contributed by atoms with van der Waals surface area (Å²) in [7, 11) is 6.27. The van der Waals surface area contributed by atoms with Crippen LogP contribution in [0.1, 0.15) is 6.42 Å². The molecule has 1 saturated heterocycles. The molecule has 0 aromatic rings. The van der Waals surface area contributed by atoms with Crippen LogP contribution in [0.4, 0.5) is 0 Å². The van der Waals surface area contributed by atoms with Crippen molar-refractivity contribution in [3.8, 4) is 0 Å². The van der Waals surface area contributed by atoms with Crippen LogP contribution in [0.25, 0.3) is 0 Å². The Labute approximate surface area is 89.4 Å². The summed E-state index contributed by atoms with van der Waals surface area (Å²) in [6, 6.07) is 0. The first-order valence-electron chi connectivity index (χ1n) is 3.96. The third-order valence-electron chi connectivity index (χ3n) is 1.95. The molecule has 1 rings (SSSR count). The van der Waals surface area contributed by atoms with Gasteiger partial charge in [0.05, 0.1) is 6.61 Å². The third-order valence-corrected chi connectivity index (χ3v) is 2.79. The first-order chi connectivity index (χ1) is 6.72. The maximum absolute atomic E-state index is 11.4.